The Morgan fingerprint density at radius 3 is 2.70 bits per heavy atom. The van der Waals surface area contributed by atoms with E-state index in [2.05, 4.69) is 6.92 Å². The predicted molar refractivity (Wildman–Crippen MR) is 99.7 cm³/mol. The van der Waals surface area contributed by atoms with Gasteiger partial charge >= 0.3 is 5.97 Å². The molecule has 2 saturated heterocycles. The Bertz CT molecular complexity index is 849. The molecule has 2 aromatic rings. The van der Waals surface area contributed by atoms with Crippen LogP contribution in [0, 0.1) is 11.8 Å². The summed E-state index contributed by atoms with van der Waals surface area (Å²) in [6, 6.07) is 5.97. The van der Waals surface area contributed by atoms with E-state index in [0.29, 0.717) is 31.7 Å². The highest BCUT2D eigenvalue weighted by atomic mass is 16.5. The van der Waals surface area contributed by atoms with Crippen LogP contribution in [0.1, 0.15) is 42.1 Å². The molecule has 0 saturated carbocycles. The average molecular weight is 371 g/mol. The summed E-state index contributed by atoms with van der Waals surface area (Å²) in [6.07, 6.45) is 4.37. The lowest BCUT2D eigenvalue weighted by Crippen LogP contribution is -2.43. The standard InChI is InChI=1S/C21H25NO5/c1-2-13-3-4-18-16(11-13)17(12-27-18)20(23)22-8-5-14(6-9-22)19-15(21(24)25)7-10-26-19/h3-4,11-12,14-15,19H,2,5-10H2,1H3,(H,24,25)/t15?,19-/m0/s1. The monoisotopic (exact) mass is 371 g/mol. The van der Waals surface area contributed by atoms with Crippen LogP contribution in [0.5, 0.6) is 0 Å². The minimum Gasteiger partial charge on any atom is -0.481 e. The topological polar surface area (TPSA) is 80.0 Å². The number of benzene rings is 1. The van der Waals surface area contributed by atoms with E-state index < -0.39 is 11.9 Å². The number of rotatable bonds is 4. The lowest BCUT2D eigenvalue weighted by molar-refractivity contribution is -0.145. The Morgan fingerprint density at radius 2 is 2.00 bits per heavy atom. The number of nitrogens with zero attached hydrogens (tertiary/aromatic N) is 1. The molecule has 3 heterocycles. The zero-order chi connectivity index (χ0) is 19.0. The van der Waals surface area contributed by atoms with Crippen molar-refractivity contribution in [3.63, 3.8) is 0 Å². The Hall–Kier alpha value is -2.34. The van der Waals surface area contributed by atoms with E-state index in [0.717, 1.165) is 30.2 Å². The molecule has 1 unspecified atom stereocenters. The molecule has 1 amide bonds. The minimum absolute atomic E-state index is 0.0115. The van der Waals surface area contributed by atoms with E-state index in [4.69, 9.17) is 9.15 Å². The van der Waals surface area contributed by atoms with E-state index in [-0.39, 0.29) is 17.9 Å². The maximum absolute atomic E-state index is 13.0. The van der Waals surface area contributed by atoms with Gasteiger partial charge in [0, 0.05) is 25.1 Å². The molecule has 2 aliphatic rings. The molecule has 1 aromatic heterocycles. The fourth-order valence-electron chi connectivity index (χ4n) is 4.40. The van der Waals surface area contributed by atoms with Crippen molar-refractivity contribution in [3.8, 4) is 0 Å². The number of amides is 1. The summed E-state index contributed by atoms with van der Waals surface area (Å²) in [7, 11) is 0. The summed E-state index contributed by atoms with van der Waals surface area (Å²) in [5, 5.41) is 10.2. The number of carboxylic acid groups (broad SMARTS) is 1. The number of hydrogen-bond donors (Lipinski definition) is 1. The molecule has 0 aliphatic carbocycles. The summed E-state index contributed by atoms with van der Waals surface area (Å²) < 4.78 is 11.3. The molecule has 6 nitrogen and oxygen atoms in total. The molecule has 144 valence electrons. The lowest BCUT2D eigenvalue weighted by atomic mass is 9.84. The van der Waals surface area contributed by atoms with Crippen molar-refractivity contribution in [2.75, 3.05) is 19.7 Å². The van der Waals surface area contributed by atoms with E-state index in [1.165, 1.54) is 5.56 Å². The second-order valence-electron chi connectivity index (χ2n) is 7.53. The number of carbonyl (C=O) groups is 2. The van der Waals surface area contributed by atoms with Gasteiger partial charge < -0.3 is 19.2 Å². The van der Waals surface area contributed by atoms with Gasteiger partial charge in [-0.1, -0.05) is 13.0 Å². The molecule has 4 rings (SSSR count). The van der Waals surface area contributed by atoms with Crippen molar-refractivity contribution in [1.82, 2.24) is 4.90 Å². The average Bonchev–Trinajstić information content (AvgIpc) is 3.34. The fourth-order valence-corrected chi connectivity index (χ4v) is 4.40. The first-order valence-corrected chi connectivity index (χ1v) is 9.72. The number of furan rings is 1. The first kappa shape index (κ1) is 18.0. The highest BCUT2D eigenvalue weighted by molar-refractivity contribution is 6.06. The van der Waals surface area contributed by atoms with Gasteiger partial charge in [-0.3, -0.25) is 9.59 Å². The number of fused-ring (bicyclic) bond motifs is 1. The van der Waals surface area contributed by atoms with Crippen molar-refractivity contribution in [2.45, 2.75) is 38.7 Å². The minimum atomic E-state index is -0.771. The zero-order valence-corrected chi connectivity index (χ0v) is 15.5. The third-order valence-corrected chi connectivity index (χ3v) is 6.02. The van der Waals surface area contributed by atoms with Crippen LogP contribution in [-0.2, 0) is 16.0 Å². The van der Waals surface area contributed by atoms with Crippen molar-refractivity contribution in [1.29, 1.82) is 0 Å². The van der Waals surface area contributed by atoms with Crippen molar-refractivity contribution in [3.05, 3.63) is 35.6 Å². The van der Waals surface area contributed by atoms with Crippen LogP contribution < -0.4 is 0 Å². The van der Waals surface area contributed by atoms with Gasteiger partial charge in [0.05, 0.1) is 17.6 Å². The van der Waals surface area contributed by atoms with Gasteiger partial charge in [-0.15, -0.1) is 0 Å². The number of aliphatic carboxylic acids is 1. The van der Waals surface area contributed by atoms with E-state index in [1.807, 2.05) is 23.1 Å². The second-order valence-corrected chi connectivity index (χ2v) is 7.53. The van der Waals surface area contributed by atoms with Gasteiger partial charge in [-0.2, -0.15) is 0 Å². The molecule has 0 spiro atoms. The molecular formula is C21H25NO5. The van der Waals surface area contributed by atoms with Crippen LogP contribution in [0.25, 0.3) is 11.0 Å². The fraction of sp³-hybridized carbons (Fsp3) is 0.524. The van der Waals surface area contributed by atoms with Crippen molar-refractivity contribution < 1.29 is 23.8 Å². The highest BCUT2D eigenvalue weighted by Crippen LogP contribution is 2.34. The quantitative estimate of drug-likeness (QED) is 0.892. The molecule has 0 bridgehead atoms. The van der Waals surface area contributed by atoms with E-state index in [1.54, 1.807) is 6.26 Å². The number of carbonyl (C=O) groups excluding carboxylic acids is 1. The molecule has 2 atom stereocenters. The molecule has 2 aliphatic heterocycles. The van der Waals surface area contributed by atoms with Crippen molar-refractivity contribution >= 4 is 22.8 Å². The summed E-state index contributed by atoms with van der Waals surface area (Å²) >= 11 is 0. The Labute approximate surface area is 158 Å². The van der Waals surface area contributed by atoms with Gasteiger partial charge in [0.25, 0.3) is 5.91 Å². The number of piperidine rings is 1. The number of ether oxygens (including phenoxy) is 1. The molecule has 1 aromatic carbocycles. The lowest BCUT2D eigenvalue weighted by Gasteiger charge is -2.35. The second kappa shape index (κ2) is 7.35. The third kappa shape index (κ3) is 3.34. The summed E-state index contributed by atoms with van der Waals surface area (Å²) in [6.45, 7) is 3.84. The first-order chi connectivity index (χ1) is 13.1. The zero-order valence-electron chi connectivity index (χ0n) is 15.5. The van der Waals surface area contributed by atoms with Crippen molar-refractivity contribution in [2.24, 2.45) is 11.8 Å². The van der Waals surface area contributed by atoms with E-state index >= 15 is 0 Å². The van der Waals surface area contributed by atoms with Gasteiger partial charge in [0.2, 0.25) is 0 Å². The number of hydrogen-bond acceptors (Lipinski definition) is 4. The third-order valence-electron chi connectivity index (χ3n) is 6.02. The maximum Gasteiger partial charge on any atom is 0.309 e. The number of carboxylic acids is 1. The molecule has 1 N–H and O–H groups in total. The van der Waals surface area contributed by atoms with Gasteiger partial charge in [-0.05, 0) is 49.3 Å². The van der Waals surface area contributed by atoms with Crippen LogP contribution in [0.2, 0.25) is 0 Å². The summed E-state index contributed by atoms with van der Waals surface area (Å²) in [5.74, 6) is -0.997. The highest BCUT2D eigenvalue weighted by Gasteiger charge is 2.41. The van der Waals surface area contributed by atoms with Crippen LogP contribution >= 0.6 is 0 Å². The number of aryl methyl sites for hydroxylation is 1. The summed E-state index contributed by atoms with van der Waals surface area (Å²) in [4.78, 5) is 26.3. The van der Waals surface area contributed by atoms with Gasteiger partial charge in [-0.25, -0.2) is 0 Å². The van der Waals surface area contributed by atoms with Crippen LogP contribution in [0.15, 0.2) is 28.9 Å². The molecule has 6 heteroatoms. The Balaban J connectivity index is 1.45. The smallest absolute Gasteiger partial charge is 0.309 e. The molecule has 2 fully saturated rings. The molecular weight excluding hydrogens is 346 g/mol. The Kier molecular flexibility index (Phi) is 4.91. The first-order valence-electron chi connectivity index (χ1n) is 9.72. The largest absolute Gasteiger partial charge is 0.481 e. The SMILES string of the molecule is CCc1ccc2occ(C(=O)N3CCC([C@@H]4OCCC4C(=O)O)CC3)c2c1. The van der Waals surface area contributed by atoms with Crippen LogP contribution in [0.3, 0.4) is 0 Å². The molecule has 27 heavy (non-hydrogen) atoms. The summed E-state index contributed by atoms with van der Waals surface area (Å²) in [5.41, 5.74) is 2.52. The molecule has 0 radical (unpaired) electrons. The van der Waals surface area contributed by atoms with Crippen LogP contribution in [0.4, 0.5) is 0 Å². The van der Waals surface area contributed by atoms with Gasteiger partial charge in [0.1, 0.15) is 11.8 Å². The number of likely N-dealkylation sites (tertiary alicyclic amines) is 1. The van der Waals surface area contributed by atoms with Gasteiger partial charge in [0.15, 0.2) is 0 Å². The van der Waals surface area contributed by atoms with Crippen LogP contribution in [-0.4, -0.2) is 47.7 Å². The normalized spacial score (nSPS) is 23.8. The van der Waals surface area contributed by atoms with E-state index in [9.17, 15) is 14.7 Å². The maximum atomic E-state index is 13.0. The predicted octanol–water partition coefficient (Wildman–Crippen LogP) is 3.34. The Morgan fingerprint density at radius 1 is 1.22 bits per heavy atom.